The molecule has 0 fully saturated rings. The number of Topliss-reactive ketones (excluding diaryl/α,β-unsaturated/α-hetero) is 1. The van der Waals surface area contributed by atoms with Gasteiger partial charge in [0.15, 0.2) is 5.78 Å². The van der Waals surface area contributed by atoms with Gasteiger partial charge in [-0.05, 0) is 38.7 Å². The second-order valence-corrected chi connectivity index (χ2v) is 5.07. The Labute approximate surface area is 89.6 Å². The number of carbonyl (C=O) groups is 1. The Morgan fingerprint density at radius 3 is 2.46 bits per heavy atom. The first-order chi connectivity index (χ1) is 6.17. The van der Waals surface area contributed by atoms with E-state index in [-0.39, 0.29) is 11.3 Å². The minimum atomic E-state index is 0.0369. The second-order valence-electron chi connectivity index (χ2n) is 2.90. The molecule has 0 radical (unpaired) electrons. The molecule has 4 heteroatoms. The van der Waals surface area contributed by atoms with Crippen LogP contribution in [-0.2, 0) is 4.79 Å². The largest absolute Gasteiger partial charge is 0.310 e. The Balaban J connectivity index is 3.98. The number of hydrogen-bond donors (Lipinski definition) is 1. The van der Waals surface area contributed by atoms with E-state index in [2.05, 4.69) is 11.6 Å². The monoisotopic (exact) mass is 221 g/mol. The summed E-state index contributed by atoms with van der Waals surface area (Å²) in [4.78, 5) is 11.7. The van der Waals surface area contributed by atoms with Crippen molar-refractivity contribution in [3.63, 3.8) is 0 Å². The van der Waals surface area contributed by atoms with Gasteiger partial charge in [-0.15, -0.1) is 0 Å². The zero-order chi connectivity index (χ0) is 10.3. The van der Waals surface area contributed by atoms with Gasteiger partial charge in [-0.3, -0.25) is 4.79 Å². The van der Waals surface area contributed by atoms with Crippen molar-refractivity contribution in [3.05, 3.63) is 0 Å². The quantitative estimate of drug-likeness (QED) is 0.708. The molecule has 0 spiro atoms. The third-order valence-electron chi connectivity index (χ3n) is 2.06. The first-order valence-corrected chi connectivity index (χ1v) is 7.08. The number of rotatable bonds is 7. The van der Waals surface area contributed by atoms with Crippen LogP contribution in [0.15, 0.2) is 0 Å². The van der Waals surface area contributed by atoms with Gasteiger partial charge in [0, 0.05) is 0 Å². The second kappa shape index (κ2) is 7.71. The summed E-state index contributed by atoms with van der Waals surface area (Å²) >= 11 is 3.40. The highest BCUT2D eigenvalue weighted by atomic mass is 32.2. The Morgan fingerprint density at radius 2 is 2.08 bits per heavy atom. The molecule has 78 valence electrons. The Morgan fingerprint density at radius 1 is 1.46 bits per heavy atom. The summed E-state index contributed by atoms with van der Waals surface area (Å²) in [5.41, 5.74) is 0. The molecule has 0 aromatic heterocycles. The number of carbonyl (C=O) groups excluding carboxylic acids is 1. The summed E-state index contributed by atoms with van der Waals surface area (Å²) in [5.74, 6) is 1.36. The number of thioether (sulfide) groups is 2. The zero-order valence-electron chi connectivity index (χ0n) is 8.79. The van der Waals surface area contributed by atoms with Gasteiger partial charge < -0.3 is 5.32 Å². The summed E-state index contributed by atoms with van der Waals surface area (Å²) < 4.78 is 0. The summed E-state index contributed by atoms with van der Waals surface area (Å²) in [5, 5.41) is 3.19. The van der Waals surface area contributed by atoms with Crippen molar-refractivity contribution in [2.45, 2.75) is 24.6 Å². The van der Waals surface area contributed by atoms with Gasteiger partial charge in [0.1, 0.15) is 0 Å². The topological polar surface area (TPSA) is 29.1 Å². The lowest BCUT2D eigenvalue weighted by Crippen LogP contribution is -2.39. The van der Waals surface area contributed by atoms with Crippen molar-refractivity contribution in [1.29, 1.82) is 0 Å². The number of likely N-dealkylation sites (N-methyl/N-ethyl adjacent to an activating group) is 1. The molecule has 0 aromatic carbocycles. The standard InChI is InChI=1S/C9H19NOS2/c1-7(13-4)9(11)8(10-2)5-6-12-3/h7-8,10H,5-6H2,1-4H3/t7?,8-/m0/s1. The molecular weight excluding hydrogens is 202 g/mol. The average Bonchev–Trinajstić information content (AvgIpc) is 2.17. The third-order valence-corrected chi connectivity index (χ3v) is 3.64. The van der Waals surface area contributed by atoms with Crippen LogP contribution in [0.5, 0.6) is 0 Å². The summed E-state index contributed by atoms with van der Waals surface area (Å²) in [7, 11) is 1.86. The molecule has 0 aliphatic rings. The van der Waals surface area contributed by atoms with Gasteiger partial charge in [0.25, 0.3) is 0 Å². The van der Waals surface area contributed by atoms with E-state index in [1.54, 1.807) is 23.5 Å². The van der Waals surface area contributed by atoms with E-state index in [4.69, 9.17) is 0 Å². The first kappa shape index (κ1) is 13.3. The lowest BCUT2D eigenvalue weighted by Gasteiger charge is -2.17. The smallest absolute Gasteiger partial charge is 0.162 e. The molecule has 1 N–H and O–H groups in total. The van der Waals surface area contributed by atoms with Crippen molar-refractivity contribution in [1.82, 2.24) is 5.32 Å². The van der Waals surface area contributed by atoms with Gasteiger partial charge >= 0.3 is 0 Å². The minimum absolute atomic E-state index is 0.0369. The van der Waals surface area contributed by atoms with E-state index >= 15 is 0 Å². The molecule has 0 bridgehead atoms. The average molecular weight is 221 g/mol. The molecule has 0 aliphatic carbocycles. The molecule has 0 saturated carbocycles. The van der Waals surface area contributed by atoms with Crippen molar-refractivity contribution in [2.24, 2.45) is 0 Å². The van der Waals surface area contributed by atoms with Crippen LogP contribution in [-0.4, -0.2) is 42.4 Å². The molecule has 0 aromatic rings. The number of nitrogens with one attached hydrogen (secondary N) is 1. The third kappa shape index (κ3) is 4.93. The van der Waals surface area contributed by atoms with Crippen molar-refractivity contribution < 1.29 is 4.79 Å². The fourth-order valence-corrected chi connectivity index (χ4v) is 1.93. The van der Waals surface area contributed by atoms with Crippen LogP contribution < -0.4 is 5.32 Å². The molecule has 0 rings (SSSR count). The highest BCUT2D eigenvalue weighted by molar-refractivity contribution is 7.99. The van der Waals surface area contributed by atoms with Gasteiger partial charge in [-0.1, -0.05) is 0 Å². The van der Waals surface area contributed by atoms with E-state index in [9.17, 15) is 4.79 Å². The molecule has 0 heterocycles. The van der Waals surface area contributed by atoms with Crippen molar-refractivity contribution in [2.75, 3.05) is 25.3 Å². The molecule has 0 amide bonds. The molecular formula is C9H19NOS2. The lowest BCUT2D eigenvalue weighted by atomic mass is 10.1. The number of hydrogen-bond acceptors (Lipinski definition) is 4. The normalized spacial score (nSPS) is 15.4. The van der Waals surface area contributed by atoms with Crippen LogP contribution in [0.2, 0.25) is 0 Å². The van der Waals surface area contributed by atoms with Crippen LogP contribution in [0.1, 0.15) is 13.3 Å². The Kier molecular flexibility index (Phi) is 7.90. The van der Waals surface area contributed by atoms with Crippen LogP contribution in [0.3, 0.4) is 0 Å². The van der Waals surface area contributed by atoms with Crippen molar-refractivity contribution in [3.8, 4) is 0 Å². The zero-order valence-corrected chi connectivity index (χ0v) is 10.4. The predicted molar refractivity (Wildman–Crippen MR) is 63.8 cm³/mol. The summed E-state index contributed by atoms with van der Waals surface area (Å²) in [6.07, 6.45) is 4.97. The number of ketones is 1. The maximum atomic E-state index is 11.7. The first-order valence-electron chi connectivity index (χ1n) is 4.40. The lowest BCUT2D eigenvalue weighted by molar-refractivity contribution is -0.120. The van der Waals surface area contributed by atoms with E-state index in [1.807, 2.05) is 20.2 Å². The Hall–Kier alpha value is 0.330. The van der Waals surface area contributed by atoms with Gasteiger partial charge in [-0.2, -0.15) is 23.5 Å². The minimum Gasteiger partial charge on any atom is -0.310 e. The summed E-state index contributed by atoms with van der Waals surface area (Å²) in [6, 6.07) is 0.0369. The highest BCUT2D eigenvalue weighted by Crippen LogP contribution is 2.11. The summed E-state index contributed by atoms with van der Waals surface area (Å²) in [6.45, 7) is 1.97. The predicted octanol–water partition coefficient (Wildman–Crippen LogP) is 1.65. The molecule has 1 unspecified atom stereocenters. The SMILES string of the molecule is CN[C@@H](CCSC)C(=O)C(C)SC. The van der Waals surface area contributed by atoms with Crippen LogP contribution in [0, 0.1) is 0 Å². The molecule has 2 atom stereocenters. The fourth-order valence-electron chi connectivity index (χ4n) is 1.06. The van der Waals surface area contributed by atoms with Crippen LogP contribution in [0.4, 0.5) is 0 Å². The van der Waals surface area contributed by atoms with Gasteiger partial charge in [0.2, 0.25) is 0 Å². The van der Waals surface area contributed by atoms with E-state index in [0.717, 1.165) is 12.2 Å². The van der Waals surface area contributed by atoms with Crippen LogP contribution in [0.25, 0.3) is 0 Å². The van der Waals surface area contributed by atoms with Crippen molar-refractivity contribution >= 4 is 29.3 Å². The molecule has 13 heavy (non-hydrogen) atoms. The van der Waals surface area contributed by atoms with E-state index in [1.165, 1.54) is 0 Å². The van der Waals surface area contributed by atoms with Gasteiger partial charge in [0.05, 0.1) is 11.3 Å². The van der Waals surface area contributed by atoms with E-state index < -0.39 is 0 Å². The maximum Gasteiger partial charge on any atom is 0.162 e. The highest BCUT2D eigenvalue weighted by Gasteiger charge is 2.20. The Bertz CT molecular complexity index is 153. The van der Waals surface area contributed by atoms with Crippen LogP contribution >= 0.6 is 23.5 Å². The maximum absolute atomic E-state index is 11.7. The molecule has 2 nitrogen and oxygen atoms in total. The van der Waals surface area contributed by atoms with Gasteiger partial charge in [-0.25, -0.2) is 0 Å². The van der Waals surface area contributed by atoms with E-state index in [0.29, 0.717) is 5.78 Å². The molecule has 0 saturated heterocycles. The molecule has 0 aliphatic heterocycles. The fraction of sp³-hybridized carbons (Fsp3) is 0.889.